The molecule has 0 aliphatic heterocycles. The van der Waals surface area contributed by atoms with Crippen LogP contribution in [0.15, 0.2) is 66.0 Å². The van der Waals surface area contributed by atoms with Crippen molar-refractivity contribution in [3.05, 3.63) is 87.6 Å². The molecule has 0 spiro atoms. The molecule has 192 valence electrons. The lowest BCUT2D eigenvalue weighted by Gasteiger charge is -2.29. The number of benzene rings is 2. The van der Waals surface area contributed by atoms with Crippen LogP contribution in [0.5, 0.6) is 0 Å². The molecule has 0 fully saturated rings. The molecule has 1 heterocycles. The maximum absolute atomic E-state index is 13.5. The summed E-state index contributed by atoms with van der Waals surface area (Å²) in [5.41, 5.74) is 1.22. The molecule has 0 aliphatic carbocycles. The van der Waals surface area contributed by atoms with Crippen LogP contribution < -0.4 is 5.32 Å². The smallest absolute Gasteiger partial charge is 0.332 e. The number of thiophene rings is 1. The fourth-order valence-electron chi connectivity index (χ4n) is 3.67. The van der Waals surface area contributed by atoms with Gasteiger partial charge in [0.2, 0.25) is 5.91 Å². The minimum atomic E-state index is -4.52. The molecule has 0 bridgehead atoms. The zero-order chi connectivity index (χ0) is 26.3. The average molecular weight is 518 g/mol. The number of amides is 3. The Labute approximate surface area is 213 Å². The Hall–Kier alpha value is -3.33. The van der Waals surface area contributed by atoms with E-state index in [1.165, 1.54) is 17.0 Å². The van der Waals surface area contributed by atoms with E-state index in [4.69, 9.17) is 0 Å². The Morgan fingerprint density at radius 2 is 1.69 bits per heavy atom. The molecule has 0 atom stereocenters. The van der Waals surface area contributed by atoms with Crippen LogP contribution in [-0.4, -0.2) is 34.8 Å². The van der Waals surface area contributed by atoms with E-state index in [1.54, 1.807) is 16.2 Å². The van der Waals surface area contributed by atoms with Crippen molar-refractivity contribution in [3.8, 4) is 0 Å². The molecule has 0 aliphatic rings. The number of hydrogen-bond donors (Lipinski definition) is 1. The number of nitrogens with zero attached hydrogens (tertiary/aromatic N) is 2. The van der Waals surface area contributed by atoms with E-state index >= 15 is 0 Å². The van der Waals surface area contributed by atoms with E-state index in [9.17, 15) is 22.8 Å². The van der Waals surface area contributed by atoms with Crippen molar-refractivity contribution < 1.29 is 22.8 Å². The van der Waals surface area contributed by atoms with Crippen LogP contribution in [-0.2, 0) is 24.1 Å². The van der Waals surface area contributed by atoms with Crippen LogP contribution in [0.25, 0.3) is 0 Å². The minimum Gasteiger partial charge on any atom is -0.332 e. The van der Waals surface area contributed by atoms with Gasteiger partial charge in [0.15, 0.2) is 0 Å². The summed E-state index contributed by atoms with van der Waals surface area (Å²) in [6, 6.07) is 15.4. The fourth-order valence-corrected chi connectivity index (χ4v) is 4.60. The van der Waals surface area contributed by atoms with Crippen molar-refractivity contribution in [1.82, 2.24) is 9.80 Å². The van der Waals surface area contributed by atoms with Crippen molar-refractivity contribution >= 4 is 29.0 Å². The SMILES string of the molecule is Cc1ccsc1CN(Cc1ccccc1)C(=O)CN(CC(C)C)C(=O)Nc1cccc(C(F)(F)F)c1. The average Bonchev–Trinajstić information content (AvgIpc) is 3.22. The summed E-state index contributed by atoms with van der Waals surface area (Å²) in [4.78, 5) is 30.7. The molecule has 36 heavy (non-hydrogen) atoms. The first-order chi connectivity index (χ1) is 17.0. The number of carbonyl (C=O) groups is 2. The van der Waals surface area contributed by atoms with Crippen LogP contribution in [0.3, 0.4) is 0 Å². The van der Waals surface area contributed by atoms with E-state index < -0.39 is 17.8 Å². The minimum absolute atomic E-state index is 0.0198. The quantitative estimate of drug-likeness (QED) is 0.340. The lowest BCUT2D eigenvalue weighted by molar-refractivity contribution is -0.137. The number of aryl methyl sites for hydroxylation is 1. The number of halogens is 3. The highest BCUT2D eigenvalue weighted by atomic mass is 32.1. The molecule has 1 aromatic heterocycles. The second-order valence-corrected chi connectivity index (χ2v) is 10.0. The van der Waals surface area contributed by atoms with Crippen LogP contribution in [0.4, 0.5) is 23.7 Å². The summed E-state index contributed by atoms with van der Waals surface area (Å²) in [5.74, 6) is -0.196. The lowest BCUT2D eigenvalue weighted by atomic mass is 10.2. The number of anilines is 1. The van der Waals surface area contributed by atoms with Crippen LogP contribution >= 0.6 is 11.3 Å². The van der Waals surface area contributed by atoms with Gasteiger partial charge >= 0.3 is 12.2 Å². The molecule has 3 aromatic rings. The maximum atomic E-state index is 13.5. The van der Waals surface area contributed by atoms with Gasteiger partial charge in [0.25, 0.3) is 0 Å². The first-order valence-corrected chi connectivity index (χ1v) is 12.5. The van der Waals surface area contributed by atoms with Crippen LogP contribution in [0.1, 0.15) is 35.4 Å². The molecular formula is C27H30F3N3O2S. The second kappa shape index (κ2) is 12.1. The van der Waals surface area contributed by atoms with Gasteiger partial charge in [0.1, 0.15) is 6.54 Å². The number of carbonyl (C=O) groups excluding carboxylic acids is 2. The van der Waals surface area contributed by atoms with E-state index in [2.05, 4.69) is 5.32 Å². The Balaban J connectivity index is 1.79. The van der Waals surface area contributed by atoms with E-state index in [0.717, 1.165) is 28.1 Å². The molecule has 3 amide bonds. The summed E-state index contributed by atoms with van der Waals surface area (Å²) in [6.45, 7) is 6.67. The maximum Gasteiger partial charge on any atom is 0.416 e. The lowest BCUT2D eigenvalue weighted by Crippen LogP contribution is -2.45. The van der Waals surface area contributed by atoms with E-state index in [1.807, 2.05) is 62.5 Å². The number of rotatable bonds is 9. The van der Waals surface area contributed by atoms with Gasteiger partial charge in [0.05, 0.1) is 12.1 Å². The molecule has 9 heteroatoms. The molecule has 3 rings (SSSR count). The molecule has 1 N–H and O–H groups in total. The van der Waals surface area contributed by atoms with Gasteiger partial charge in [-0.2, -0.15) is 13.2 Å². The van der Waals surface area contributed by atoms with Gasteiger partial charge in [-0.1, -0.05) is 50.2 Å². The van der Waals surface area contributed by atoms with Crippen LogP contribution in [0.2, 0.25) is 0 Å². The van der Waals surface area contributed by atoms with Gasteiger partial charge in [-0.3, -0.25) is 4.79 Å². The molecule has 2 aromatic carbocycles. The zero-order valence-electron chi connectivity index (χ0n) is 20.5. The number of urea groups is 1. The van der Waals surface area contributed by atoms with Crippen molar-refractivity contribution in [2.75, 3.05) is 18.4 Å². The van der Waals surface area contributed by atoms with Gasteiger partial charge < -0.3 is 15.1 Å². The Bertz CT molecular complexity index is 1160. The Morgan fingerprint density at radius 1 is 0.972 bits per heavy atom. The molecule has 5 nitrogen and oxygen atoms in total. The molecule has 0 saturated heterocycles. The first kappa shape index (κ1) is 27.3. The summed E-state index contributed by atoms with van der Waals surface area (Å²) < 4.78 is 39.3. The highest BCUT2D eigenvalue weighted by molar-refractivity contribution is 7.10. The predicted octanol–water partition coefficient (Wildman–Crippen LogP) is 6.79. The van der Waals surface area contributed by atoms with Gasteiger partial charge in [0, 0.05) is 23.7 Å². The van der Waals surface area contributed by atoms with Gasteiger partial charge in [-0.05, 0) is 53.6 Å². The predicted molar refractivity (Wildman–Crippen MR) is 137 cm³/mol. The summed E-state index contributed by atoms with van der Waals surface area (Å²) in [5, 5.41) is 4.50. The first-order valence-electron chi connectivity index (χ1n) is 11.6. The van der Waals surface area contributed by atoms with E-state index in [0.29, 0.717) is 13.1 Å². The van der Waals surface area contributed by atoms with Crippen molar-refractivity contribution in [3.63, 3.8) is 0 Å². The second-order valence-electron chi connectivity index (χ2n) is 9.05. The molecular weight excluding hydrogens is 487 g/mol. The summed E-state index contributed by atoms with van der Waals surface area (Å²) in [6.07, 6.45) is -4.52. The van der Waals surface area contributed by atoms with E-state index in [-0.39, 0.29) is 30.6 Å². The van der Waals surface area contributed by atoms with Crippen molar-refractivity contribution in [2.24, 2.45) is 5.92 Å². The normalized spacial score (nSPS) is 11.4. The number of alkyl halides is 3. The Kier molecular flexibility index (Phi) is 9.14. The molecule has 0 saturated carbocycles. The molecule has 0 radical (unpaired) electrons. The fraction of sp³-hybridized carbons (Fsp3) is 0.333. The topological polar surface area (TPSA) is 52.7 Å². The third-order valence-electron chi connectivity index (χ3n) is 5.51. The van der Waals surface area contributed by atoms with Crippen LogP contribution in [0, 0.1) is 12.8 Å². The largest absolute Gasteiger partial charge is 0.416 e. The van der Waals surface area contributed by atoms with Crippen molar-refractivity contribution in [2.45, 2.75) is 40.0 Å². The highest BCUT2D eigenvalue weighted by Gasteiger charge is 2.31. The monoisotopic (exact) mass is 517 g/mol. The molecule has 0 unspecified atom stereocenters. The standard InChI is InChI=1S/C27H30F3N3O2S/c1-19(2)15-33(26(35)31-23-11-7-10-22(14-23)27(28,29)30)18-25(34)32(16-21-8-5-4-6-9-21)17-24-20(3)12-13-36-24/h4-14,19H,15-18H2,1-3H3,(H,31,35). The number of nitrogens with one attached hydrogen (secondary N) is 1. The zero-order valence-corrected chi connectivity index (χ0v) is 21.3. The third-order valence-corrected chi connectivity index (χ3v) is 6.52. The van der Waals surface area contributed by atoms with Gasteiger partial charge in [-0.15, -0.1) is 11.3 Å². The highest BCUT2D eigenvalue weighted by Crippen LogP contribution is 2.30. The van der Waals surface area contributed by atoms with Gasteiger partial charge in [-0.25, -0.2) is 4.79 Å². The Morgan fingerprint density at radius 3 is 2.31 bits per heavy atom. The third kappa shape index (κ3) is 7.84. The summed E-state index contributed by atoms with van der Waals surface area (Å²) in [7, 11) is 0. The summed E-state index contributed by atoms with van der Waals surface area (Å²) >= 11 is 1.57. The van der Waals surface area contributed by atoms with Crippen molar-refractivity contribution in [1.29, 1.82) is 0 Å². The number of hydrogen-bond acceptors (Lipinski definition) is 3.